The molecule has 9 nitrogen and oxygen atoms in total. The molecule has 7 atom stereocenters. The van der Waals surface area contributed by atoms with Gasteiger partial charge in [-0.05, 0) is 32.1 Å². The van der Waals surface area contributed by atoms with E-state index in [1.165, 1.54) is 70.6 Å². The highest BCUT2D eigenvalue weighted by atomic mass is 16.7. The van der Waals surface area contributed by atoms with Crippen LogP contribution in [-0.2, 0) is 14.3 Å². The van der Waals surface area contributed by atoms with Crippen LogP contribution in [0.1, 0.15) is 136 Å². The molecule has 0 radical (unpaired) electrons. The molecule has 9 heteroatoms. The Hall–Kier alpha value is -1.33. The molecule has 0 aromatic heterocycles. The van der Waals surface area contributed by atoms with Gasteiger partial charge in [-0.15, -0.1) is 0 Å². The first-order valence-corrected chi connectivity index (χ1v) is 17.6. The maximum atomic E-state index is 12.6. The number of hydrogen-bond donors (Lipinski definition) is 6. The van der Waals surface area contributed by atoms with E-state index in [0.717, 1.165) is 44.9 Å². The van der Waals surface area contributed by atoms with Crippen LogP contribution in [0.15, 0.2) is 24.3 Å². The summed E-state index contributed by atoms with van der Waals surface area (Å²) in [5.74, 6) is -0.207. The number of hydrogen-bond acceptors (Lipinski definition) is 8. The number of ether oxygens (including phenoxy) is 2. The van der Waals surface area contributed by atoms with E-state index in [-0.39, 0.29) is 12.5 Å². The van der Waals surface area contributed by atoms with Crippen molar-refractivity contribution in [3.8, 4) is 0 Å². The number of aliphatic hydroxyl groups is 5. The first-order chi connectivity index (χ1) is 21.3. The van der Waals surface area contributed by atoms with E-state index in [9.17, 15) is 30.3 Å². The van der Waals surface area contributed by atoms with Gasteiger partial charge in [-0.25, -0.2) is 0 Å². The Labute approximate surface area is 267 Å². The lowest BCUT2D eigenvalue weighted by molar-refractivity contribution is -0.302. The van der Waals surface area contributed by atoms with Gasteiger partial charge >= 0.3 is 0 Å². The third-order valence-corrected chi connectivity index (χ3v) is 8.28. The standard InChI is InChI=1S/C35H65NO8/c1-3-5-7-9-10-11-12-13-14-15-16-17-18-19-20-21-22-24-29(38)28(36-31(39)25-23-8-6-4-2)27-43-35-34(42)33(41)32(40)30(26-37)44-35/h18-19,22,24,28-30,32-35,37-38,40-42H,3-17,20-21,23,25-27H2,1-2H3,(H,36,39)/b19-18+,24-22+. The third-order valence-electron chi connectivity index (χ3n) is 8.28. The van der Waals surface area contributed by atoms with E-state index < -0.39 is 49.5 Å². The number of nitrogens with one attached hydrogen (secondary N) is 1. The van der Waals surface area contributed by atoms with Crippen LogP contribution < -0.4 is 5.32 Å². The van der Waals surface area contributed by atoms with Crippen molar-refractivity contribution >= 4 is 5.91 Å². The number of amides is 1. The van der Waals surface area contributed by atoms with Gasteiger partial charge in [-0.1, -0.05) is 122 Å². The first-order valence-electron chi connectivity index (χ1n) is 17.6. The molecule has 44 heavy (non-hydrogen) atoms. The van der Waals surface area contributed by atoms with E-state index in [1.807, 2.05) is 6.08 Å². The van der Waals surface area contributed by atoms with Crippen molar-refractivity contribution in [1.82, 2.24) is 5.32 Å². The van der Waals surface area contributed by atoms with Crippen LogP contribution in [0.2, 0.25) is 0 Å². The monoisotopic (exact) mass is 627 g/mol. The van der Waals surface area contributed by atoms with Crippen LogP contribution >= 0.6 is 0 Å². The lowest BCUT2D eigenvalue weighted by Crippen LogP contribution is -2.60. The molecule has 1 aliphatic rings. The Morgan fingerprint density at radius 3 is 1.91 bits per heavy atom. The molecule has 1 rings (SSSR count). The quantitative estimate of drug-likeness (QED) is 0.0537. The average molecular weight is 628 g/mol. The van der Waals surface area contributed by atoms with Crippen LogP contribution in [0.4, 0.5) is 0 Å². The number of allylic oxidation sites excluding steroid dienone is 3. The summed E-state index contributed by atoms with van der Waals surface area (Å²) in [5, 5.41) is 53.4. The first kappa shape index (κ1) is 40.7. The van der Waals surface area contributed by atoms with E-state index in [1.54, 1.807) is 6.08 Å². The van der Waals surface area contributed by atoms with Gasteiger partial charge in [0.2, 0.25) is 5.91 Å². The van der Waals surface area contributed by atoms with Crippen molar-refractivity contribution in [3.05, 3.63) is 24.3 Å². The van der Waals surface area contributed by atoms with Crippen molar-refractivity contribution in [2.24, 2.45) is 0 Å². The molecule has 6 N–H and O–H groups in total. The van der Waals surface area contributed by atoms with E-state index in [4.69, 9.17) is 9.47 Å². The topological polar surface area (TPSA) is 149 Å². The fourth-order valence-electron chi connectivity index (χ4n) is 5.34. The van der Waals surface area contributed by atoms with Gasteiger partial charge in [0, 0.05) is 6.42 Å². The molecular formula is C35H65NO8. The summed E-state index contributed by atoms with van der Waals surface area (Å²) in [6.07, 6.45) is 21.4. The highest BCUT2D eigenvalue weighted by Gasteiger charge is 2.44. The third kappa shape index (κ3) is 18.6. The molecule has 0 aromatic carbocycles. The zero-order valence-corrected chi connectivity index (χ0v) is 27.7. The molecule has 0 spiro atoms. The van der Waals surface area contributed by atoms with Crippen LogP contribution in [-0.4, -0.2) is 87.5 Å². The normalized spacial score (nSPS) is 23.8. The van der Waals surface area contributed by atoms with Gasteiger partial charge < -0.3 is 40.3 Å². The Morgan fingerprint density at radius 2 is 1.30 bits per heavy atom. The van der Waals surface area contributed by atoms with E-state index in [2.05, 4.69) is 31.3 Å². The second-order valence-electron chi connectivity index (χ2n) is 12.3. The van der Waals surface area contributed by atoms with Crippen LogP contribution in [0.25, 0.3) is 0 Å². The zero-order chi connectivity index (χ0) is 32.4. The Morgan fingerprint density at radius 1 is 0.750 bits per heavy atom. The highest BCUT2D eigenvalue weighted by molar-refractivity contribution is 5.76. The molecule has 0 saturated carbocycles. The molecule has 1 heterocycles. The van der Waals surface area contributed by atoms with E-state index in [0.29, 0.717) is 6.42 Å². The molecule has 0 aromatic rings. The highest BCUT2D eigenvalue weighted by Crippen LogP contribution is 2.22. The van der Waals surface area contributed by atoms with Crippen LogP contribution in [0.5, 0.6) is 0 Å². The summed E-state index contributed by atoms with van der Waals surface area (Å²) in [5.41, 5.74) is 0. The Bertz CT molecular complexity index is 746. The number of aliphatic hydroxyl groups excluding tert-OH is 5. The lowest BCUT2D eigenvalue weighted by atomic mass is 9.99. The molecule has 1 aliphatic heterocycles. The Balaban J connectivity index is 2.41. The Kier molecular flexibility index (Phi) is 24.8. The minimum atomic E-state index is -1.56. The minimum absolute atomic E-state index is 0.201. The molecular weight excluding hydrogens is 562 g/mol. The van der Waals surface area contributed by atoms with Gasteiger partial charge in [0.05, 0.1) is 25.4 Å². The SMILES string of the molecule is CCCCCCCCCCCCC/C=C/CC/C=C/C(O)C(COC1OC(CO)C(O)C(O)C1O)NC(=O)CCCCCC. The van der Waals surface area contributed by atoms with Crippen LogP contribution in [0.3, 0.4) is 0 Å². The zero-order valence-electron chi connectivity index (χ0n) is 27.7. The molecule has 258 valence electrons. The fourth-order valence-corrected chi connectivity index (χ4v) is 5.34. The second kappa shape index (κ2) is 26.8. The van der Waals surface area contributed by atoms with Gasteiger partial charge in [0.1, 0.15) is 24.4 Å². The number of rotatable bonds is 27. The average Bonchev–Trinajstić information content (AvgIpc) is 3.02. The van der Waals surface area contributed by atoms with Crippen molar-refractivity contribution in [2.45, 2.75) is 179 Å². The smallest absolute Gasteiger partial charge is 0.220 e. The fraction of sp³-hybridized carbons (Fsp3) is 0.857. The van der Waals surface area contributed by atoms with Gasteiger partial charge in [0.15, 0.2) is 6.29 Å². The molecule has 0 aliphatic carbocycles. The van der Waals surface area contributed by atoms with E-state index >= 15 is 0 Å². The van der Waals surface area contributed by atoms with Crippen molar-refractivity contribution < 1.29 is 39.8 Å². The van der Waals surface area contributed by atoms with Gasteiger partial charge in [0.25, 0.3) is 0 Å². The maximum absolute atomic E-state index is 12.6. The molecule has 1 saturated heterocycles. The van der Waals surface area contributed by atoms with Gasteiger partial charge in [-0.2, -0.15) is 0 Å². The summed E-state index contributed by atoms with van der Waals surface area (Å²) >= 11 is 0. The summed E-state index contributed by atoms with van der Waals surface area (Å²) in [4.78, 5) is 12.6. The summed E-state index contributed by atoms with van der Waals surface area (Å²) in [6.45, 7) is 3.59. The molecule has 0 bridgehead atoms. The summed E-state index contributed by atoms with van der Waals surface area (Å²) in [7, 11) is 0. The predicted octanol–water partition coefficient (Wildman–Crippen LogP) is 5.21. The molecule has 1 amide bonds. The van der Waals surface area contributed by atoms with Crippen molar-refractivity contribution in [3.63, 3.8) is 0 Å². The van der Waals surface area contributed by atoms with Crippen LogP contribution in [0, 0.1) is 0 Å². The number of carbonyl (C=O) groups excluding carboxylic acids is 1. The summed E-state index contributed by atoms with van der Waals surface area (Å²) in [6, 6.07) is -0.811. The molecule has 1 fully saturated rings. The maximum Gasteiger partial charge on any atom is 0.220 e. The number of unbranched alkanes of at least 4 members (excludes halogenated alkanes) is 15. The second-order valence-corrected chi connectivity index (χ2v) is 12.3. The van der Waals surface area contributed by atoms with Crippen molar-refractivity contribution in [1.29, 1.82) is 0 Å². The lowest BCUT2D eigenvalue weighted by Gasteiger charge is -2.40. The summed E-state index contributed by atoms with van der Waals surface area (Å²) < 4.78 is 11.0. The number of carbonyl (C=O) groups is 1. The largest absolute Gasteiger partial charge is 0.394 e. The predicted molar refractivity (Wildman–Crippen MR) is 175 cm³/mol. The van der Waals surface area contributed by atoms with Crippen molar-refractivity contribution in [2.75, 3.05) is 13.2 Å². The van der Waals surface area contributed by atoms with Gasteiger partial charge in [-0.3, -0.25) is 4.79 Å². The minimum Gasteiger partial charge on any atom is -0.394 e. The molecule has 7 unspecified atom stereocenters.